The van der Waals surface area contributed by atoms with Crippen molar-refractivity contribution in [3.63, 3.8) is 0 Å². The number of amides is 1. The number of halogens is 1. The van der Waals surface area contributed by atoms with Crippen molar-refractivity contribution in [3.05, 3.63) is 33.3 Å². The van der Waals surface area contributed by atoms with E-state index in [1.807, 2.05) is 0 Å². The van der Waals surface area contributed by atoms with Crippen molar-refractivity contribution in [2.24, 2.45) is 11.8 Å². The van der Waals surface area contributed by atoms with Crippen LogP contribution in [0.15, 0.2) is 18.2 Å². The fourth-order valence-electron chi connectivity index (χ4n) is 2.71. The number of nitrogens with one attached hydrogen (secondary N) is 1. The quantitative estimate of drug-likeness (QED) is 0.652. The fourth-order valence-corrected chi connectivity index (χ4v) is 2.89. The Balaban J connectivity index is 2.16. The number of nitro benzene ring substituents is 1. The van der Waals surface area contributed by atoms with Gasteiger partial charge in [-0.05, 0) is 25.0 Å². The Morgan fingerprint density at radius 3 is 2.50 bits per heavy atom. The number of hydrogen-bond donors (Lipinski definition) is 2. The number of nitro groups is 1. The van der Waals surface area contributed by atoms with Crippen molar-refractivity contribution < 1.29 is 19.6 Å². The first-order valence-electron chi connectivity index (χ1n) is 6.87. The summed E-state index contributed by atoms with van der Waals surface area (Å²) in [5.41, 5.74) is -0.0753. The number of carboxylic acid groups (broad SMARTS) is 1. The molecule has 0 saturated heterocycles. The number of benzene rings is 1. The smallest absolute Gasteiger partial charge is 0.307 e. The molecule has 0 aromatic heterocycles. The van der Waals surface area contributed by atoms with Crippen LogP contribution in [0.5, 0.6) is 0 Å². The Bertz CT molecular complexity index is 619. The summed E-state index contributed by atoms with van der Waals surface area (Å²) in [6.45, 7) is 0. The van der Waals surface area contributed by atoms with Crippen molar-refractivity contribution in [3.8, 4) is 0 Å². The second-order valence-electron chi connectivity index (χ2n) is 5.25. The van der Waals surface area contributed by atoms with E-state index in [1.54, 1.807) is 0 Å². The molecule has 1 amide bonds. The molecule has 8 heteroatoms. The molecular weight excluding hydrogens is 312 g/mol. The lowest BCUT2D eigenvalue weighted by atomic mass is 9.78. The molecule has 0 unspecified atom stereocenters. The van der Waals surface area contributed by atoms with Gasteiger partial charge in [0.2, 0.25) is 5.91 Å². The Labute approximate surface area is 131 Å². The normalized spacial score (nSPS) is 21.1. The van der Waals surface area contributed by atoms with Crippen molar-refractivity contribution in [2.45, 2.75) is 25.7 Å². The molecule has 0 spiro atoms. The number of nitrogens with zero attached hydrogens (tertiary/aromatic N) is 1. The molecule has 0 aliphatic heterocycles. The van der Waals surface area contributed by atoms with Crippen LogP contribution in [-0.4, -0.2) is 21.9 Å². The highest BCUT2D eigenvalue weighted by atomic mass is 35.5. The lowest BCUT2D eigenvalue weighted by Crippen LogP contribution is -2.36. The zero-order valence-corrected chi connectivity index (χ0v) is 12.4. The molecule has 1 aromatic rings. The van der Waals surface area contributed by atoms with E-state index >= 15 is 0 Å². The third kappa shape index (κ3) is 3.54. The molecule has 2 rings (SSSR count). The van der Waals surface area contributed by atoms with Crippen molar-refractivity contribution in [1.82, 2.24) is 0 Å². The molecule has 1 fully saturated rings. The summed E-state index contributed by atoms with van der Waals surface area (Å²) in [7, 11) is 0. The van der Waals surface area contributed by atoms with Gasteiger partial charge in [0.05, 0.1) is 16.8 Å². The zero-order valence-electron chi connectivity index (χ0n) is 11.6. The van der Waals surface area contributed by atoms with Gasteiger partial charge < -0.3 is 10.4 Å². The summed E-state index contributed by atoms with van der Waals surface area (Å²) in [4.78, 5) is 33.7. The van der Waals surface area contributed by atoms with Crippen LogP contribution in [-0.2, 0) is 9.59 Å². The van der Waals surface area contributed by atoms with Gasteiger partial charge in [0.1, 0.15) is 5.02 Å². The van der Waals surface area contributed by atoms with Crippen LogP contribution in [0.1, 0.15) is 25.7 Å². The summed E-state index contributed by atoms with van der Waals surface area (Å²) in [5, 5.41) is 22.6. The van der Waals surface area contributed by atoms with E-state index in [4.69, 9.17) is 11.6 Å². The van der Waals surface area contributed by atoms with E-state index in [0.29, 0.717) is 12.8 Å². The molecule has 0 heterocycles. The second-order valence-corrected chi connectivity index (χ2v) is 5.66. The number of aliphatic carboxylic acids is 1. The number of carbonyl (C=O) groups is 2. The molecule has 118 valence electrons. The number of carbonyl (C=O) groups excluding carboxylic acids is 1. The van der Waals surface area contributed by atoms with Gasteiger partial charge in [0.15, 0.2) is 0 Å². The first-order valence-corrected chi connectivity index (χ1v) is 7.25. The Morgan fingerprint density at radius 1 is 1.27 bits per heavy atom. The third-order valence-corrected chi connectivity index (χ3v) is 4.15. The maximum atomic E-state index is 12.3. The van der Waals surface area contributed by atoms with E-state index in [2.05, 4.69) is 5.32 Å². The van der Waals surface area contributed by atoms with Gasteiger partial charge in [-0.15, -0.1) is 0 Å². The Hall–Kier alpha value is -2.15. The first-order chi connectivity index (χ1) is 10.4. The molecule has 1 aliphatic carbocycles. The minimum Gasteiger partial charge on any atom is -0.481 e. The zero-order chi connectivity index (χ0) is 16.3. The van der Waals surface area contributed by atoms with Gasteiger partial charge in [0.25, 0.3) is 5.69 Å². The molecule has 1 saturated carbocycles. The highest BCUT2D eigenvalue weighted by molar-refractivity contribution is 6.32. The molecule has 1 aliphatic rings. The van der Waals surface area contributed by atoms with E-state index < -0.39 is 28.6 Å². The lowest BCUT2D eigenvalue weighted by molar-refractivity contribution is -0.384. The number of hydrogen-bond acceptors (Lipinski definition) is 4. The fraction of sp³-hybridized carbons (Fsp3) is 0.429. The van der Waals surface area contributed by atoms with Gasteiger partial charge >= 0.3 is 5.97 Å². The standard InChI is InChI=1S/C14H15ClN2O5/c15-11-6-5-8(7-12(11)17(21)22)16-13(18)9-3-1-2-4-10(9)14(19)20/h5-7,9-10H,1-4H2,(H,16,18)(H,19,20)/t9-,10-/m0/s1. The van der Waals surface area contributed by atoms with Crippen LogP contribution in [0.2, 0.25) is 5.02 Å². The minimum absolute atomic E-state index is 0.0240. The van der Waals surface area contributed by atoms with Crippen molar-refractivity contribution >= 4 is 34.9 Å². The van der Waals surface area contributed by atoms with Crippen LogP contribution in [0.3, 0.4) is 0 Å². The highest BCUT2D eigenvalue weighted by Gasteiger charge is 2.35. The lowest BCUT2D eigenvalue weighted by Gasteiger charge is -2.27. The Morgan fingerprint density at radius 2 is 1.91 bits per heavy atom. The number of carboxylic acids is 1. The van der Waals surface area contributed by atoms with E-state index in [0.717, 1.165) is 12.8 Å². The molecule has 0 bridgehead atoms. The topological polar surface area (TPSA) is 110 Å². The largest absolute Gasteiger partial charge is 0.481 e. The van der Waals surface area contributed by atoms with Gasteiger partial charge in [-0.3, -0.25) is 19.7 Å². The van der Waals surface area contributed by atoms with Crippen molar-refractivity contribution in [2.75, 3.05) is 5.32 Å². The monoisotopic (exact) mass is 326 g/mol. The average molecular weight is 327 g/mol. The summed E-state index contributed by atoms with van der Waals surface area (Å²) in [5.74, 6) is -2.75. The minimum atomic E-state index is -0.984. The predicted octanol–water partition coefficient (Wildman–Crippen LogP) is 3.08. The molecule has 2 N–H and O–H groups in total. The SMILES string of the molecule is O=C(O)[C@H]1CCCC[C@@H]1C(=O)Nc1ccc(Cl)c([N+](=O)[O-])c1. The van der Waals surface area contributed by atoms with Crippen LogP contribution in [0.4, 0.5) is 11.4 Å². The first kappa shape index (κ1) is 16.2. The molecule has 22 heavy (non-hydrogen) atoms. The number of anilines is 1. The molecule has 2 atom stereocenters. The third-order valence-electron chi connectivity index (χ3n) is 3.83. The summed E-state index contributed by atoms with van der Waals surface area (Å²) < 4.78 is 0. The predicted molar refractivity (Wildman–Crippen MR) is 79.8 cm³/mol. The highest BCUT2D eigenvalue weighted by Crippen LogP contribution is 2.32. The maximum Gasteiger partial charge on any atom is 0.307 e. The van der Waals surface area contributed by atoms with E-state index in [1.165, 1.54) is 18.2 Å². The van der Waals surface area contributed by atoms with Gasteiger partial charge in [0, 0.05) is 11.8 Å². The molecule has 0 radical (unpaired) electrons. The average Bonchev–Trinajstić information content (AvgIpc) is 2.48. The van der Waals surface area contributed by atoms with Crippen molar-refractivity contribution in [1.29, 1.82) is 0 Å². The van der Waals surface area contributed by atoms with E-state index in [9.17, 15) is 24.8 Å². The Kier molecular flexibility index (Phi) is 4.97. The van der Waals surface area contributed by atoms with Gasteiger partial charge in [-0.25, -0.2) is 0 Å². The molecular formula is C14H15ClN2O5. The van der Waals surface area contributed by atoms with Crippen LogP contribution in [0, 0.1) is 22.0 Å². The molecule has 7 nitrogen and oxygen atoms in total. The summed E-state index contributed by atoms with van der Waals surface area (Å²) in [6.07, 6.45) is 2.54. The van der Waals surface area contributed by atoms with Crippen LogP contribution in [0.25, 0.3) is 0 Å². The molecule has 1 aromatic carbocycles. The van der Waals surface area contributed by atoms with Crippen LogP contribution >= 0.6 is 11.6 Å². The second kappa shape index (κ2) is 6.74. The maximum absolute atomic E-state index is 12.3. The van der Waals surface area contributed by atoms with E-state index in [-0.39, 0.29) is 16.4 Å². The van der Waals surface area contributed by atoms with Gasteiger partial charge in [-0.1, -0.05) is 24.4 Å². The van der Waals surface area contributed by atoms with Crippen LogP contribution < -0.4 is 5.32 Å². The summed E-state index contributed by atoms with van der Waals surface area (Å²) in [6, 6.07) is 3.94. The summed E-state index contributed by atoms with van der Waals surface area (Å²) >= 11 is 5.71. The van der Waals surface area contributed by atoms with Gasteiger partial charge in [-0.2, -0.15) is 0 Å². The number of rotatable bonds is 4.